The molecule has 1 fully saturated rings. The molecule has 5 nitrogen and oxygen atoms in total. The molecule has 4 rings (SSSR count). The van der Waals surface area contributed by atoms with E-state index < -0.39 is 5.92 Å². The highest BCUT2D eigenvalue weighted by atomic mass is 35.5. The molecule has 3 aromatic rings. The van der Waals surface area contributed by atoms with E-state index in [4.69, 9.17) is 16.3 Å². The fraction of sp³-hybridized carbons (Fsp3) is 0.348. The molecule has 0 saturated carbocycles. The number of rotatable bonds is 7. The average Bonchev–Trinajstić information content (AvgIpc) is 3.16. The Balaban J connectivity index is 1.53. The van der Waals surface area contributed by atoms with Gasteiger partial charge in [-0.1, -0.05) is 29.8 Å². The van der Waals surface area contributed by atoms with E-state index in [9.17, 15) is 9.18 Å². The molecule has 1 atom stereocenters. The van der Waals surface area contributed by atoms with Crippen LogP contribution >= 0.6 is 11.6 Å². The van der Waals surface area contributed by atoms with E-state index in [1.54, 1.807) is 24.3 Å². The molecule has 1 unspecified atom stereocenters. The first-order valence-electron chi connectivity index (χ1n) is 10.2. The SMILES string of the molecule is O=C(CC(c1ccccc1F)c1c[nH]c2ccc(Cl)cc12)NCCN1CCOCC1. The molecule has 2 heterocycles. The second-order valence-electron chi connectivity index (χ2n) is 7.52. The van der Waals surface area contributed by atoms with Crippen LogP contribution < -0.4 is 5.32 Å². The van der Waals surface area contributed by atoms with E-state index in [1.165, 1.54) is 6.07 Å². The molecule has 1 aromatic heterocycles. The Hall–Kier alpha value is -2.41. The minimum absolute atomic E-state index is 0.104. The van der Waals surface area contributed by atoms with Gasteiger partial charge in [-0.15, -0.1) is 0 Å². The Kier molecular flexibility index (Phi) is 6.67. The minimum atomic E-state index is -0.415. The molecule has 7 heteroatoms. The standard InChI is InChI=1S/C23H25ClFN3O2/c24-16-5-6-22-19(13-16)20(15-27-22)18(17-3-1-2-4-21(17)25)14-23(29)26-7-8-28-9-11-30-12-10-28/h1-6,13,15,18,27H,7-12,14H2,(H,26,29). The summed E-state index contributed by atoms with van der Waals surface area (Å²) in [7, 11) is 0. The van der Waals surface area contributed by atoms with Gasteiger partial charge in [0, 0.05) is 60.6 Å². The fourth-order valence-electron chi connectivity index (χ4n) is 3.98. The highest BCUT2D eigenvalue weighted by Gasteiger charge is 2.24. The molecule has 2 aromatic carbocycles. The lowest BCUT2D eigenvalue weighted by Crippen LogP contribution is -2.41. The molecular formula is C23H25ClFN3O2. The van der Waals surface area contributed by atoms with Crippen molar-refractivity contribution in [2.45, 2.75) is 12.3 Å². The van der Waals surface area contributed by atoms with Gasteiger partial charge in [-0.2, -0.15) is 0 Å². The third-order valence-electron chi connectivity index (χ3n) is 5.58. The third kappa shape index (κ3) is 4.83. The smallest absolute Gasteiger partial charge is 0.220 e. The number of nitrogens with one attached hydrogen (secondary N) is 2. The predicted octanol–water partition coefficient (Wildman–Crippen LogP) is 3.93. The predicted molar refractivity (Wildman–Crippen MR) is 116 cm³/mol. The molecule has 0 radical (unpaired) electrons. The van der Waals surface area contributed by atoms with Crippen LogP contribution in [0.1, 0.15) is 23.5 Å². The molecule has 1 saturated heterocycles. The highest BCUT2D eigenvalue weighted by molar-refractivity contribution is 6.31. The lowest BCUT2D eigenvalue weighted by molar-refractivity contribution is -0.121. The number of nitrogens with zero attached hydrogens (tertiary/aromatic N) is 1. The van der Waals surface area contributed by atoms with Gasteiger partial charge in [0.05, 0.1) is 13.2 Å². The van der Waals surface area contributed by atoms with Crippen LogP contribution in [0.2, 0.25) is 5.02 Å². The van der Waals surface area contributed by atoms with E-state index in [2.05, 4.69) is 15.2 Å². The van der Waals surface area contributed by atoms with Gasteiger partial charge in [0.15, 0.2) is 0 Å². The average molecular weight is 430 g/mol. The zero-order valence-electron chi connectivity index (χ0n) is 16.7. The number of hydrogen-bond donors (Lipinski definition) is 2. The number of carbonyl (C=O) groups excluding carboxylic acids is 1. The molecule has 1 aliphatic rings. The van der Waals surface area contributed by atoms with Gasteiger partial charge in [0.2, 0.25) is 5.91 Å². The van der Waals surface area contributed by atoms with Crippen LogP contribution in [-0.2, 0) is 9.53 Å². The molecule has 1 amide bonds. The lowest BCUT2D eigenvalue weighted by atomic mass is 9.87. The first-order chi connectivity index (χ1) is 14.6. The first kappa shape index (κ1) is 20.8. The van der Waals surface area contributed by atoms with Gasteiger partial charge in [-0.05, 0) is 35.4 Å². The summed E-state index contributed by atoms with van der Waals surface area (Å²) in [6.45, 7) is 4.55. The summed E-state index contributed by atoms with van der Waals surface area (Å²) in [5, 5.41) is 4.49. The van der Waals surface area contributed by atoms with Crippen molar-refractivity contribution in [3.63, 3.8) is 0 Å². The fourth-order valence-corrected chi connectivity index (χ4v) is 4.16. The second kappa shape index (κ2) is 9.60. The summed E-state index contributed by atoms with van der Waals surface area (Å²) in [6, 6.07) is 12.2. The number of halogens is 2. The normalized spacial score (nSPS) is 15.9. The molecular weight excluding hydrogens is 405 g/mol. The van der Waals surface area contributed by atoms with E-state index in [-0.39, 0.29) is 18.1 Å². The van der Waals surface area contributed by atoms with Crippen molar-refractivity contribution in [3.8, 4) is 0 Å². The number of hydrogen-bond acceptors (Lipinski definition) is 3. The number of aromatic nitrogens is 1. The van der Waals surface area contributed by atoms with Crippen LogP contribution in [0.5, 0.6) is 0 Å². The maximum atomic E-state index is 14.7. The van der Waals surface area contributed by atoms with Gasteiger partial charge < -0.3 is 15.0 Å². The van der Waals surface area contributed by atoms with Crippen LogP contribution in [0.3, 0.4) is 0 Å². The Morgan fingerprint density at radius 1 is 1.20 bits per heavy atom. The Labute approximate surface area is 180 Å². The van der Waals surface area contributed by atoms with Gasteiger partial charge in [-0.3, -0.25) is 9.69 Å². The summed E-state index contributed by atoms with van der Waals surface area (Å²) in [5.74, 6) is -0.838. The van der Waals surface area contributed by atoms with Crippen LogP contribution in [0.4, 0.5) is 4.39 Å². The number of aromatic amines is 1. The molecule has 2 N–H and O–H groups in total. The van der Waals surface area contributed by atoms with E-state index in [0.29, 0.717) is 17.1 Å². The molecule has 0 bridgehead atoms. The molecule has 158 valence electrons. The Bertz CT molecular complexity index is 1020. The summed E-state index contributed by atoms with van der Waals surface area (Å²) in [5.41, 5.74) is 2.27. The van der Waals surface area contributed by atoms with E-state index in [0.717, 1.165) is 49.3 Å². The van der Waals surface area contributed by atoms with Gasteiger partial charge in [-0.25, -0.2) is 4.39 Å². The monoisotopic (exact) mass is 429 g/mol. The summed E-state index contributed by atoms with van der Waals surface area (Å²) in [6.07, 6.45) is 2.00. The summed E-state index contributed by atoms with van der Waals surface area (Å²) < 4.78 is 20.0. The van der Waals surface area contributed by atoms with Crippen LogP contribution in [0, 0.1) is 5.82 Å². The zero-order valence-corrected chi connectivity index (χ0v) is 17.4. The van der Waals surface area contributed by atoms with Gasteiger partial charge in [0.1, 0.15) is 5.82 Å². The number of fused-ring (bicyclic) bond motifs is 1. The Morgan fingerprint density at radius 3 is 2.80 bits per heavy atom. The van der Waals surface area contributed by atoms with Crippen LogP contribution in [0.15, 0.2) is 48.7 Å². The first-order valence-corrected chi connectivity index (χ1v) is 10.6. The third-order valence-corrected chi connectivity index (χ3v) is 5.81. The van der Waals surface area contributed by atoms with Crippen molar-refractivity contribution in [3.05, 3.63) is 70.6 Å². The van der Waals surface area contributed by atoms with Crippen molar-refractivity contribution in [2.24, 2.45) is 0 Å². The van der Waals surface area contributed by atoms with Crippen molar-refractivity contribution in [1.29, 1.82) is 0 Å². The van der Waals surface area contributed by atoms with E-state index in [1.807, 2.05) is 18.3 Å². The highest BCUT2D eigenvalue weighted by Crippen LogP contribution is 2.35. The number of ether oxygens (including phenoxy) is 1. The topological polar surface area (TPSA) is 57.4 Å². The van der Waals surface area contributed by atoms with Crippen molar-refractivity contribution in [2.75, 3.05) is 39.4 Å². The summed E-state index contributed by atoms with van der Waals surface area (Å²) >= 11 is 6.20. The lowest BCUT2D eigenvalue weighted by Gasteiger charge is -2.26. The molecule has 1 aliphatic heterocycles. The van der Waals surface area contributed by atoms with Crippen LogP contribution in [-0.4, -0.2) is 55.2 Å². The van der Waals surface area contributed by atoms with Crippen molar-refractivity contribution < 1.29 is 13.9 Å². The number of morpholine rings is 1. The van der Waals surface area contributed by atoms with Gasteiger partial charge in [0.25, 0.3) is 0 Å². The largest absolute Gasteiger partial charge is 0.379 e. The number of amides is 1. The molecule has 0 spiro atoms. The second-order valence-corrected chi connectivity index (χ2v) is 7.95. The quantitative estimate of drug-likeness (QED) is 0.598. The zero-order chi connectivity index (χ0) is 20.9. The van der Waals surface area contributed by atoms with E-state index >= 15 is 0 Å². The molecule has 30 heavy (non-hydrogen) atoms. The maximum Gasteiger partial charge on any atom is 0.220 e. The number of carbonyl (C=O) groups is 1. The summed E-state index contributed by atoms with van der Waals surface area (Å²) in [4.78, 5) is 18.2. The number of benzene rings is 2. The van der Waals surface area contributed by atoms with Crippen LogP contribution in [0.25, 0.3) is 10.9 Å². The Morgan fingerprint density at radius 2 is 2.00 bits per heavy atom. The van der Waals surface area contributed by atoms with Crippen molar-refractivity contribution >= 4 is 28.4 Å². The van der Waals surface area contributed by atoms with Crippen molar-refractivity contribution in [1.82, 2.24) is 15.2 Å². The molecule has 0 aliphatic carbocycles. The number of H-pyrrole nitrogens is 1. The minimum Gasteiger partial charge on any atom is -0.379 e. The maximum absolute atomic E-state index is 14.7. The van der Waals surface area contributed by atoms with Gasteiger partial charge >= 0.3 is 0 Å².